The molecule has 0 aliphatic carbocycles. The van der Waals surface area contributed by atoms with E-state index in [0.717, 1.165) is 27.7 Å². The van der Waals surface area contributed by atoms with E-state index in [2.05, 4.69) is 10.3 Å². The minimum absolute atomic E-state index is 0.0247. The van der Waals surface area contributed by atoms with E-state index in [1.54, 1.807) is 12.4 Å². The summed E-state index contributed by atoms with van der Waals surface area (Å²) in [6.45, 7) is 1.15. The molecule has 0 atom stereocenters. The van der Waals surface area contributed by atoms with Gasteiger partial charge >= 0.3 is 0 Å². The maximum Gasteiger partial charge on any atom is 0.220 e. The van der Waals surface area contributed by atoms with Crippen molar-refractivity contribution in [3.05, 3.63) is 83.6 Å². The van der Waals surface area contributed by atoms with E-state index in [4.69, 9.17) is 16.7 Å². The molecule has 146 valence electrons. The number of hydrogen-bond acceptors (Lipinski definition) is 3. The lowest BCUT2D eigenvalue weighted by molar-refractivity contribution is -0.121. The minimum Gasteiger partial charge on any atom is -0.352 e. The Kier molecular flexibility index (Phi) is 5.86. The van der Waals surface area contributed by atoms with Gasteiger partial charge in [-0.1, -0.05) is 48.0 Å². The van der Waals surface area contributed by atoms with Gasteiger partial charge in [-0.25, -0.2) is 0 Å². The van der Waals surface area contributed by atoms with Gasteiger partial charge in [-0.15, -0.1) is 0 Å². The van der Waals surface area contributed by atoms with E-state index in [-0.39, 0.29) is 5.91 Å². The Morgan fingerprint density at radius 2 is 1.93 bits per heavy atom. The molecule has 2 aromatic carbocycles. The molecular formula is C23H21ClN4O. The first-order valence-corrected chi connectivity index (χ1v) is 9.95. The Morgan fingerprint density at radius 3 is 2.72 bits per heavy atom. The van der Waals surface area contributed by atoms with Crippen molar-refractivity contribution in [3.63, 3.8) is 0 Å². The zero-order valence-corrected chi connectivity index (χ0v) is 16.6. The maximum absolute atomic E-state index is 12.2. The first-order valence-electron chi connectivity index (χ1n) is 9.58. The highest BCUT2D eigenvalue weighted by atomic mass is 35.5. The van der Waals surface area contributed by atoms with Crippen molar-refractivity contribution < 1.29 is 4.79 Å². The van der Waals surface area contributed by atoms with Crippen molar-refractivity contribution in [3.8, 4) is 11.3 Å². The first-order chi connectivity index (χ1) is 14.2. The van der Waals surface area contributed by atoms with Gasteiger partial charge in [-0.3, -0.25) is 14.5 Å². The highest BCUT2D eigenvalue weighted by molar-refractivity contribution is 6.31. The van der Waals surface area contributed by atoms with Gasteiger partial charge in [0.1, 0.15) is 5.69 Å². The highest BCUT2D eigenvalue weighted by Crippen LogP contribution is 2.30. The lowest BCUT2D eigenvalue weighted by atomic mass is 10.1. The fraction of sp³-hybridized carbons (Fsp3) is 0.174. The summed E-state index contributed by atoms with van der Waals surface area (Å²) in [5, 5.41) is 9.45. The minimum atomic E-state index is 0.0247. The van der Waals surface area contributed by atoms with Crippen LogP contribution in [0.5, 0.6) is 0 Å². The summed E-state index contributed by atoms with van der Waals surface area (Å²) in [6.07, 6.45) is 4.62. The molecule has 4 rings (SSSR count). The SMILES string of the molecule is O=C(CCCn1nc(-c2ccccc2)c2cc(Cl)ccc21)NCc1cccnc1. The van der Waals surface area contributed by atoms with Crippen LogP contribution in [0.25, 0.3) is 22.2 Å². The summed E-state index contributed by atoms with van der Waals surface area (Å²) in [7, 11) is 0. The number of carbonyl (C=O) groups is 1. The monoisotopic (exact) mass is 404 g/mol. The third kappa shape index (κ3) is 4.63. The molecule has 2 aromatic heterocycles. The van der Waals surface area contributed by atoms with Crippen LogP contribution in [-0.4, -0.2) is 20.7 Å². The first kappa shape index (κ1) is 19.2. The molecule has 2 heterocycles. The summed E-state index contributed by atoms with van der Waals surface area (Å²) in [6, 6.07) is 19.7. The van der Waals surface area contributed by atoms with Gasteiger partial charge in [0.25, 0.3) is 0 Å². The topological polar surface area (TPSA) is 59.8 Å². The summed E-state index contributed by atoms with van der Waals surface area (Å²) in [4.78, 5) is 16.2. The number of carbonyl (C=O) groups excluding carboxylic acids is 1. The molecule has 0 bridgehead atoms. The molecular weight excluding hydrogens is 384 g/mol. The average Bonchev–Trinajstić information content (AvgIpc) is 3.11. The van der Waals surface area contributed by atoms with E-state index in [1.807, 2.05) is 65.3 Å². The van der Waals surface area contributed by atoms with Gasteiger partial charge in [0.05, 0.1) is 5.52 Å². The third-order valence-corrected chi connectivity index (χ3v) is 4.98. The quantitative estimate of drug-likeness (QED) is 0.479. The fourth-order valence-corrected chi connectivity index (χ4v) is 3.48. The molecule has 5 nitrogen and oxygen atoms in total. The van der Waals surface area contributed by atoms with E-state index < -0.39 is 0 Å². The smallest absolute Gasteiger partial charge is 0.220 e. The van der Waals surface area contributed by atoms with Crippen molar-refractivity contribution in [2.75, 3.05) is 0 Å². The second-order valence-electron chi connectivity index (χ2n) is 6.84. The van der Waals surface area contributed by atoms with Gasteiger partial charge in [-0.2, -0.15) is 5.10 Å². The number of benzene rings is 2. The number of aryl methyl sites for hydroxylation is 1. The molecule has 0 fully saturated rings. The molecule has 0 unspecified atom stereocenters. The van der Waals surface area contributed by atoms with Crippen LogP contribution in [-0.2, 0) is 17.9 Å². The van der Waals surface area contributed by atoms with Crippen molar-refractivity contribution in [2.24, 2.45) is 0 Å². The number of pyridine rings is 1. The molecule has 0 saturated heterocycles. The molecule has 4 aromatic rings. The Morgan fingerprint density at radius 1 is 1.07 bits per heavy atom. The van der Waals surface area contributed by atoms with Crippen LogP contribution >= 0.6 is 11.6 Å². The van der Waals surface area contributed by atoms with Crippen LogP contribution in [0, 0.1) is 0 Å². The lowest BCUT2D eigenvalue weighted by Gasteiger charge is -2.06. The average molecular weight is 405 g/mol. The van der Waals surface area contributed by atoms with Crippen molar-refractivity contribution >= 4 is 28.4 Å². The number of aromatic nitrogens is 3. The number of nitrogens with zero attached hydrogens (tertiary/aromatic N) is 3. The Balaban J connectivity index is 1.44. The second-order valence-corrected chi connectivity index (χ2v) is 7.28. The second kappa shape index (κ2) is 8.88. The number of hydrogen-bond donors (Lipinski definition) is 1. The largest absolute Gasteiger partial charge is 0.352 e. The zero-order chi connectivity index (χ0) is 20.1. The number of amides is 1. The maximum atomic E-state index is 12.2. The predicted octanol–water partition coefficient (Wildman–Crippen LogP) is 4.85. The Bertz CT molecular complexity index is 1110. The molecule has 0 radical (unpaired) electrons. The molecule has 0 spiro atoms. The lowest BCUT2D eigenvalue weighted by Crippen LogP contribution is -2.22. The Labute approximate surface area is 174 Å². The highest BCUT2D eigenvalue weighted by Gasteiger charge is 2.13. The van der Waals surface area contributed by atoms with Crippen LogP contribution < -0.4 is 5.32 Å². The molecule has 0 aliphatic heterocycles. The normalized spacial score (nSPS) is 10.9. The molecule has 0 aliphatic rings. The number of fused-ring (bicyclic) bond motifs is 1. The number of halogens is 1. The van der Waals surface area contributed by atoms with Crippen LogP contribution in [0.1, 0.15) is 18.4 Å². The summed E-state index contributed by atoms with van der Waals surface area (Å²) < 4.78 is 1.96. The summed E-state index contributed by atoms with van der Waals surface area (Å²) in [5.41, 5.74) is 3.96. The predicted molar refractivity (Wildman–Crippen MR) is 115 cm³/mol. The van der Waals surface area contributed by atoms with Crippen LogP contribution in [0.4, 0.5) is 0 Å². The molecule has 1 N–H and O–H groups in total. The van der Waals surface area contributed by atoms with E-state index in [0.29, 0.717) is 31.0 Å². The van der Waals surface area contributed by atoms with Gasteiger partial charge in [0.15, 0.2) is 0 Å². The molecule has 29 heavy (non-hydrogen) atoms. The van der Waals surface area contributed by atoms with Crippen LogP contribution in [0.2, 0.25) is 5.02 Å². The molecule has 0 saturated carbocycles. The fourth-order valence-electron chi connectivity index (χ4n) is 3.31. The van der Waals surface area contributed by atoms with Crippen molar-refractivity contribution in [2.45, 2.75) is 25.9 Å². The van der Waals surface area contributed by atoms with E-state index in [1.165, 1.54) is 0 Å². The number of rotatable bonds is 7. The van der Waals surface area contributed by atoms with Crippen molar-refractivity contribution in [1.29, 1.82) is 0 Å². The Hall–Kier alpha value is -3.18. The van der Waals surface area contributed by atoms with Crippen LogP contribution in [0.3, 0.4) is 0 Å². The molecule has 6 heteroatoms. The third-order valence-electron chi connectivity index (χ3n) is 4.75. The van der Waals surface area contributed by atoms with Crippen LogP contribution in [0.15, 0.2) is 73.1 Å². The van der Waals surface area contributed by atoms with Gasteiger partial charge in [-0.05, 0) is 36.2 Å². The van der Waals surface area contributed by atoms with Crippen molar-refractivity contribution in [1.82, 2.24) is 20.1 Å². The summed E-state index contributed by atoms with van der Waals surface area (Å²) in [5.74, 6) is 0.0247. The zero-order valence-electron chi connectivity index (χ0n) is 15.9. The van der Waals surface area contributed by atoms with E-state index >= 15 is 0 Å². The van der Waals surface area contributed by atoms with Gasteiger partial charge in [0.2, 0.25) is 5.91 Å². The standard InChI is InChI=1S/C23H21ClN4O/c24-19-10-11-21-20(14-19)23(18-7-2-1-3-8-18)27-28(21)13-5-9-22(29)26-16-17-6-4-12-25-15-17/h1-4,6-8,10-12,14-15H,5,9,13,16H2,(H,26,29). The summed E-state index contributed by atoms with van der Waals surface area (Å²) >= 11 is 6.22. The molecule has 1 amide bonds. The van der Waals surface area contributed by atoms with Gasteiger partial charge < -0.3 is 5.32 Å². The van der Waals surface area contributed by atoms with E-state index in [9.17, 15) is 4.79 Å². The number of nitrogens with one attached hydrogen (secondary N) is 1. The van der Waals surface area contributed by atoms with Gasteiger partial charge in [0, 0.05) is 47.9 Å².